The van der Waals surface area contributed by atoms with Crippen molar-refractivity contribution in [1.29, 1.82) is 0 Å². The fourth-order valence-corrected chi connectivity index (χ4v) is 2.28. The zero-order valence-corrected chi connectivity index (χ0v) is 14.8. The predicted octanol–water partition coefficient (Wildman–Crippen LogP) is 5.81. The summed E-state index contributed by atoms with van der Waals surface area (Å²) in [4.78, 5) is 0. The number of alkyl halides is 7. The highest BCUT2D eigenvalue weighted by Crippen LogP contribution is 2.52. The smallest absolute Gasteiger partial charge is 0.431 e. The van der Waals surface area contributed by atoms with E-state index in [-0.39, 0.29) is 11.5 Å². The van der Waals surface area contributed by atoms with Gasteiger partial charge in [-0.15, -0.1) is 0 Å². The summed E-state index contributed by atoms with van der Waals surface area (Å²) >= 11 is 0. The van der Waals surface area contributed by atoms with Crippen LogP contribution in [0.15, 0.2) is 24.3 Å². The predicted molar refractivity (Wildman–Crippen MR) is 81.7 cm³/mol. The molecule has 0 heterocycles. The van der Waals surface area contributed by atoms with Crippen molar-refractivity contribution in [3.63, 3.8) is 0 Å². The third kappa shape index (κ3) is 4.81. The molecule has 0 saturated carbocycles. The van der Waals surface area contributed by atoms with Gasteiger partial charge in [0, 0.05) is 13.5 Å². The molecule has 0 N–H and O–H groups in total. The summed E-state index contributed by atoms with van der Waals surface area (Å²) in [5.41, 5.74) is -7.60. The summed E-state index contributed by atoms with van der Waals surface area (Å²) in [6.45, 7) is 5.18. The number of ether oxygens (including phenoxy) is 2. The molecule has 9 heteroatoms. The van der Waals surface area contributed by atoms with Crippen LogP contribution in [0.3, 0.4) is 0 Å². The lowest BCUT2D eigenvalue weighted by Crippen LogP contribution is -2.56. The van der Waals surface area contributed by atoms with Crippen LogP contribution in [-0.2, 0) is 10.3 Å². The second-order valence-corrected chi connectivity index (χ2v) is 6.64. The van der Waals surface area contributed by atoms with E-state index >= 15 is 0 Å². The van der Waals surface area contributed by atoms with Crippen molar-refractivity contribution in [2.45, 2.75) is 50.8 Å². The van der Waals surface area contributed by atoms with Crippen molar-refractivity contribution >= 4 is 0 Å². The molecule has 0 amide bonds. The van der Waals surface area contributed by atoms with Gasteiger partial charge in [0.1, 0.15) is 5.75 Å². The topological polar surface area (TPSA) is 18.5 Å². The highest BCUT2D eigenvalue weighted by atomic mass is 19.4. The van der Waals surface area contributed by atoms with E-state index in [1.807, 2.05) is 13.8 Å². The number of halogens is 7. The molecule has 0 aromatic heterocycles. The number of rotatable bonds is 7. The van der Waals surface area contributed by atoms with E-state index in [0.717, 1.165) is 14.0 Å². The summed E-state index contributed by atoms with van der Waals surface area (Å²) in [6.07, 6.45) is -14.2. The van der Waals surface area contributed by atoms with Gasteiger partial charge in [-0.3, -0.25) is 0 Å². The molecule has 26 heavy (non-hydrogen) atoms. The van der Waals surface area contributed by atoms with Crippen LogP contribution in [0.25, 0.3) is 0 Å². The summed E-state index contributed by atoms with van der Waals surface area (Å²) in [6, 6.07) is 5.28. The first-order valence-electron chi connectivity index (χ1n) is 7.77. The summed E-state index contributed by atoms with van der Waals surface area (Å²) < 4.78 is 101. The molecular formula is C17H21F7O2. The third-order valence-electron chi connectivity index (χ3n) is 3.98. The second kappa shape index (κ2) is 7.62. The van der Waals surface area contributed by atoms with Crippen molar-refractivity contribution in [2.24, 2.45) is 5.92 Å². The van der Waals surface area contributed by atoms with Gasteiger partial charge in [-0.1, -0.05) is 26.0 Å². The quantitative estimate of drug-likeness (QED) is 0.548. The minimum absolute atomic E-state index is 0.0348. The van der Waals surface area contributed by atoms with Crippen molar-refractivity contribution in [2.75, 3.05) is 13.7 Å². The van der Waals surface area contributed by atoms with E-state index in [2.05, 4.69) is 0 Å². The van der Waals surface area contributed by atoms with Gasteiger partial charge >= 0.3 is 18.0 Å². The van der Waals surface area contributed by atoms with Crippen molar-refractivity contribution in [3.8, 4) is 5.75 Å². The first kappa shape index (κ1) is 22.5. The van der Waals surface area contributed by atoms with E-state index in [1.165, 1.54) is 24.3 Å². The van der Waals surface area contributed by atoms with E-state index < -0.39 is 30.0 Å². The maximum absolute atomic E-state index is 14.1. The van der Waals surface area contributed by atoms with Crippen molar-refractivity contribution < 1.29 is 40.2 Å². The number of hydrogen-bond acceptors (Lipinski definition) is 2. The minimum atomic E-state index is -6.13. The summed E-state index contributed by atoms with van der Waals surface area (Å²) in [5, 5.41) is 0. The van der Waals surface area contributed by atoms with Crippen LogP contribution in [0.4, 0.5) is 30.7 Å². The van der Waals surface area contributed by atoms with Gasteiger partial charge in [0.2, 0.25) is 0 Å². The monoisotopic (exact) mass is 390 g/mol. The molecule has 0 radical (unpaired) electrons. The average Bonchev–Trinajstić information content (AvgIpc) is 2.51. The molecule has 1 unspecified atom stereocenters. The fourth-order valence-electron chi connectivity index (χ4n) is 2.28. The Morgan fingerprint density at radius 1 is 0.885 bits per heavy atom. The Balaban J connectivity index is 3.17. The first-order valence-corrected chi connectivity index (χ1v) is 7.77. The van der Waals surface area contributed by atoms with E-state index in [0.29, 0.717) is 12.4 Å². The highest BCUT2D eigenvalue weighted by molar-refractivity contribution is 5.31. The van der Waals surface area contributed by atoms with Crippen LogP contribution in [0.5, 0.6) is 5.75 Å². The fraction of sp³-hybridized carbons (Fsp3) is 0.647. The molecule has 2 nitrogen and oxygen atoms in total. The Bertz CT molecular complexity index is 564. The van der Waals surface area contributed by atoms with Crippen LogP contribution in [-0.4, -0.2) is 31.7 Å². The largest absolute Gasteiger partial charge is 0.493 e. The van der Waals surface area contributed by atoms with Crippen LogP contribution in [0.1, 0.15) is 32.8 Å². The Morgan fingerprint density at radius 2 is 1.35 bits per heavy atom. The van der Waals surface area contributed by atoms with Crippen molar-refractivity contribution in [1.82, 2.24) is 0 Å². The van der Waals surface area contributed by atoms with Crippen molar-refractivity contribution in [3.05, 3.63) is 29.8 Å². The lowest BCUT2D eigenvalue weighted by atomic mass is 9.83. The lowest BCUT2D eigenvalue weighted by molar-refractivity contribution is -0.353. The molecular weight excluding hydrogens is 369 g/mol. The first-order chi connectivity index (χ1) is 11.7. The maximum Gasteiger partial charge on any atom is 0.431 e. The van der Waals surface area contributed by atoms with E-state index in [1.54, 1.807) is 0 Å². The Morgan fingerprint density at radius 3 is 1.69 bits per heavy atom. The standard InChI is InChI=1S/C17H21F7O2/c1-11(2)9-26-13-7-5-12(6-8-13)14(3,25-4)10-15(18,16(19,20)21)17(22,23)24/h5-8,11H,9-10H2,1-4H3. The normalized spacial score (nSPS) is 15.8. The van der Waals surface area contributed by atoms with Gasteiger partial charge < -0.3 is 9.47 Å². The Kier molecular flexibility index (Phi) is 6.60. The van der Waals surface area contributed by atoms with Crippen LogP contribution < -0.4 is 4.74 Å². The van der Waals surface area contributed by atoms with Gasteiger partial charge in [0.25, 0.3) is 0 Å². The molecule has 0 aliphatic carbocycles. The van der Waals surface area contributed by atoms with E-state index in [9.17, 15) is 30.7 Å². The van der Waals surface area contributed by atoms with Gasteiger partial charge in [-0.05, 0) is 30.5 Å². The van der Waals surface area contributed by atoms with Crippen LogP contribution in [0, 0.1) is 5.92 Å². The SMILES string of the molecule is COC(C)(CC(F)(C(F)(F)F)C(F)(F)F)c1ccc(OCC(C)C)cc1. The molecule has 1 rings (SSSR count). The molecule has 1 aromatic carbocycles. The molecule has 0 fully saturated rings. The third-order valence-corrected chi connectivity index (χ3v) is 3.98. The molecule has 0 aliphatic heterocycles. The molecule has 1 aromatic rings. The summed E-state index contributed by atoms with van der Waals surface area (Å²) in [5.74, 6) is 0.615. The van der Waals surface area contributed by atoms with Gasteiger partial charge in [-0.2, -0.15) is 26.3 Å². The minimum Gasteiger partial charge on any atom is -0.493 e. The molecule has 0 bridgehead atoms. The Labute approximate surface area is 147 Å². The molecule has 150 valence electrons. The number of hydrogen-bond donors (Lipinski definition) is 0. The van der Waals surface area contributed by atoms with E-state index in [4.69, 9.17) is 9.47 Å². The number of methoxy groups -OCH3 is 1. The maximum atomic E-state index is 14.1. The summed E-state index contributed by atoms with van der Waals surface area (Å²) in [7, 11) is 0.927. The Hall–Kier alpha value is -1.51. The second-order valence-electron chi connectivity index (χ2n) is 6.64. The lowest BCUT2D eigenvalue weighted by Gasteiger charge is -2.38. The van der Waals surface area contributed by atoms with Gasteiger partial charge in [0.05, 0.1) is 12.2 Å². The van der Waals surface area contributed by atoms with Gasteiger partial charge in [0.15, 0.2) is 0 Å². The molecule has 0 aliphatic rings. The zero-order valence-electron chi connectivity index (χ0n) is 14.8. The van der Waals surface area contributed by atoms with Crippen LogP contribution >= 0.6 is 0 Å². The molecule has 0 saturated heterocycles. The number of benzene rings is 1. The van der Waals surface area contributed by atoms with Crippen LogP contribution in [0.2, 0.25) is 0 Å². The highest BCUT2D eigenvalue weighted by Gasteiger charge is 2.74. The molecule has 0 spiro atoms. The average molecular weight is 390 g/mol. The molecule has 1 atom stereocenters. The van der Waals surface area contributed by atoms with Gasteiger partial charge in [-0.25, -0.2) is 4.39 Å². The zero-order chi connectivity index (χ0) is 20.4.